The Morgan fingerprint density at radius 3 is 2.50 bits per heavy atom. The number of ether oxygens (including phenoxy) is 2. The summed E-state index contributed by atoms with van der Waals surface area (Å²) in [5, 5.41) is 8.89. The van der Waals surface area contributed by atoms with E-state index in [2.05, 4.69) is 10.2 Å². The molecule has 0 fully saturated rings. The molecule has 2 aromatic carbocycles. The number of methoxy groups -OCH3 is 1. The lowest BCUT2D eigenvalue weighted by Crippen LogP contribution is -2.09. The summed E-state index contributed by atoms with van der Waals surface area (Å²) in [5.41, 5.74) is 2.11. The standard InChI is InChI=1S/C21H18N2O5/c1-12-16-6-4-5-7-17(16)27-18(12)21(24)26-13(2)19-22-23-20(28-19)14-8-10-15(25-3)11-9-14/h4-11,13H,1-3H3/t13-/m0/s1. The van der Waals surface area contributed by atoms with Crippen LogP contribution in [0.4, 0.5) is 0 Å². The summed E-state index contributed by atoms with van der Waals surface area (Å²) in [6, 6.07) is 14.7. The van der Waals surface area contributed by atoms with Crippen LogP contribution in [0, 0.1) is 6.92 Å². The maximum atomic E-state index is 12.5. The van der Waals surface area contributed by atoms with E-state index in [0.717, 1.165) is 22.3 Å². The van der Waals surface area contributed by atoms with Gasteiger partial charge in [0.05, 0.1) is 7.11 Å². The van der Waals surface area contributed by atoms with Crippen molar-refractivity contribution in [1.82, 2.24) is 10.2 Å². The van der Waals surface area contributed by atoms with E-state index in [9.17, 15) is 4.79 Å². The quantitative estimate of drug-likeness (QED) is 0.464. The normalized spacial score (nSPS) is 12.1. The number of para-hydroxylation sites is 1. The van der Waals surface area contributed by atoms with Crippen LogP contribution in [0.25, 0.3) is 22.4 Å². The fourth-order valence-corrected chi connectivity index (χ4v) is 2.88. The number of carbonyl (C=O) groups excluding carboxylic acids is 1. The Bertz CT molecular complexity index is 1130. The van der Waals surface area contributed by atoms with Gasteiger partial charge in [-0.05, 0) is 44.2 Å². The van der Waals surface area contributed by atoms with Crippen molar-refractivity contribution >= 4 is 16.9 Å². The Morgan fingerprint density at radius 1 is 1.04 bits per heavy atom. The van der Waals surface area contributed by atoms with Crippen molar-refractivity contribution in [3.63, 3.8) is 0 Å². The van der Waals surface area contributed by atoms with Crippen LogP contribution in [0.2, 0.25) is 0 Å². The number of esters is 1. The summed E-state index contributed by atoms with van der Waals surface area (Å²) in [5.74, 6) is 0.855. The summed E-state index contributed by atoms with van der Waals surface area (Å²) in [6.45, 7) is 3.49. The van der Waals surface area contributed by atoms with Gasteiger partial charge in [-0.2, -0.15) is 0 Å². The van der Waals surface area contributed by atoms with Crippen molar-refractivity contribution in [2.24, 2.45) is 0 Å². The molecular weight excluding hydrogens is 360 g/mol. The number of hydrogen-bond donors (Lipinski definition) is 0. The number of aromatic nitrogens is 2. The maximum absolute atomic E-state index is 12.5. The molecule has 0 saturated carbocycles. The lowest BCUT2D eigenvalue weighted by atomic mass is 10.1. The van der Waals surface area contributed by atoms with Crippen LogP contribution >= 0.6 is 0 Å². The van der Waals surface area contributed by atoms with Crippen molar-refractivity contribution in [2.75, 3.05) is 7.11 Å². The fourth-order valence-electron chi connectivity index (χ4n) is 2.88. The largest absolute Gasteiger partial charge is 0.497 e. The van der Waals surface area contributed by atoms with E-state index in [-0.39, 0.29) is 11.7 Å². The third-order valence-electron chi connectivity index (χ3n) is 4.44. The van der Waals surface area contributed by atoms with Crippen molar-refractivity contribution in [2.45, 2.75) is 20.0 Å². The molecule has 0 spiro atoms. The van der Waals surface area contributed by atoms with Crippen molar-refractivity contribution in [1.29, 1.82) is 0 Å². The summed E-state index contributed by atoms with van der Waals surface area (Å²) in [4.78, 5) is 12.5. The summed E-state index contributed by atoms with van der Waals surface area (Å²) in [6.07, 6.45) is -0.723. The number of fused-ring (bicyclic) bond motifs is 1. The molecule has 1 atom stereocenters. The molecule has 0 bridgehead atoms. The number of furan rings is 1. The first-order chi connectivity index (χ1) is 13.6. The monoisotopic (exact) mass is 378 g/mol. The predicted molar refractivity (Wildman–Crippen MR) is 101 cm³/mol. The molecular formula is C21H18N2O5. The molecule has 4 aromatic rings. The summed E-state index contributed by atoms with van der Waals surface area (Å²) >= 11 is 0. The average Bonchev–Trinajstić information content (AvgIpc) is 3.34. The highest BCUT2D eigenvalue weighted by Gasteiger charge is 2.24. The van der Waals surface area contributed by atoms with Crippen LogP contribution in [0.1, 0.15) is 35.0 Å². The van der Waals surface area contributed by atoms with Crippen LogP contribution in [-0.2, 0) is 4.74 Å². The third-order valence-corrected chi connectivity index (χ3v) is 4.44. The number of aryl methyl sites for hydroxylation is 1. The van der Waals surface area contributed by atoms with Crippen LogP contribution in [0.15, 0.2) is 57.4 Å². The number of rotatable bonds is 5. The van der Waals surface area contributed by atoms with Gasteiger partial charge in [-0.3, -0.25) is 0 Å². The SMILES string of the molecule is COc1ccc(-c2nnc([C@H](C)OC(=O)c3oc4ccccc4c3C)o2)cc1. The van der Waals surface area contributed by atoms with Crippen molar-refractivity contribution < 1.29 is 23.1 Å². The van der Waals surface area contributed by atoms with Gasteiger partial charge in [0, 0.05) is 16.5 Å². The number of nitrogens with zero attached hydrogens (tertiary/aromatic N) is 2. The molecule has 0 N–H and O–H groups in total. The minimum atomic E-state index is -0.723. The topological polar surface area (TPSA) is 87.6 Å². The molecule has 4 rings (SSSR count). The average molecular weight is 378 g/mol. The van der Waals surface area contributed by atoms with Gasteiger partial charge in [0.25, 0.3) is 5.89 Å². The second kappa shape index (κ2) is 7.19. The molecule has 0 saturated heterocycles. The van der Waals surface area contributed by atoms with Gasteiger partial charge in [0.1, 0.15) is 11.3 Å². The lowest BCUT2D eigenvalue weighted by Gasteiger charge is -2.08. The molecule has 0 aliphatic heterocycles. The van der Waals surface area contributed by atoms with Crippen LogP contribution in [0.3, 0.4) is 0 Å². The number of carbonyl (C=O) groups is 1. The molecule has 7 nitrogen and oxygen atoms in total. The Hall–Kier alpha value is -3.61. The smallest absolute Gasteiger partial charge is 0.375 e. The Morgan fingerprint density at radius 2 is 1.79 bits per heavy atom. The van der Waals surface area contributed by atoms with E-state index >= 15 is 0 Å². The highest BCUT2D eigenvalue weighted by atomic mass is 16.6. The van der Waals surface area contributed by atoms with Gasteiger partial charge in [-0.15, -0.1) is 10.2 Å². The Kier molecular flexibility index (Phi) is 4.57. The molecule has 0 amide bonds. The van der Waals surface area contributed by atoms with Gasteiger partial charge >= 0.3 is 5.97 Å². The van der Waals surface area contributed by atoms with E-state index in [0.29, 0.717) is 11.5 Å². The van der Waals surface area contributed by atoms with Gasteiger partial charge in [0.2, 0.25) is 11.7 Å². The minimum absolute atomic E-state index is 0.169. The van der Waals surface area contributed by atoms with Crippen LogP contribution in [0.5, 0.6) is 5.75 Å². The van der Waals surface area contributed by atoms with E-state index < -0.39 is 12.1 Å². The first-order valence-corrected chi connectivity index (χ1v) is 8.73. The lowest BCUT2D eigenvalue weighted by molar-refractivity contribution is 0.0245. The summed E-state index contributed by atoms with van der Waals surface area (Å²) < 4.78 is 21.9. The highest BCUT2D eigenvalue weighted by Crippen LogP contribution is 2.28. The van der Waals surface area contributed by atoms with Crippen LogP contribution < -0.4 is 4.74 Å². The second-order valence-corrected chi connectivity index (χ2v) is 6.27. The van der Waals surface area contributed by atoms with Crippen molar-refractivity contribution in [3.05, 3.63) is 65.7 Å². The fraction of sp³-hybridized carbons (Fsp3) is 0.190. The maximum Gasteiger partial charge on any atom is 0.375 e. The zero-order chi connectivity index (χ0) is 19.7. The second-order valence-electron chi connectivity index (χ2n) is 6.27. The molecule has 2 heterocycles. The van der Waals surface area contributed by atoms with Gasteiger partial charge < -0.3 is 18.3 Å². The van der Waals surface area contributed by atoms with Gasteiger partial charge in [0.15, 0.2) is 6.10 Å². The molecule has 0 aliphatic rings. The first kappa shape index (κ1) is 17.8. The minimum Gasteiger partial charge on any atom is -0.497 e. The molecule has 0 aliphatic carbocycles. The predicted octanol–water partition coefficient (Wildman–Crippen LogP) is 4.72. The Labute approximate surface area is 160 Å². The first-order valence-electron chi connectivity index (χ1n) is 8.73. The van der Waals surface area contributed by atoms with E-state index in [1.165, 1.54) is 0 Å². The van der Waals surface area contributed by atoms with E-state index in [4.69, 9.17) is 18.3 Å². The molecule has 0 unspecified atom stereocenters. The zero-order valence-electron chi connectivity index (χ0n) is 15.6. The van der Waals surface area contributed by atoms with Gasteiger partial charge in [-0.25, -0.2) is 4.79 Å². The van der Waals surface area contributed by atoms with Crippen LogP contribution in [-0.4, -0.2) is 23.3 Å². The highest BCUT2D eigenvalue weighted by molar-refractivity contribution is 5.95. The molecule has 0 radical (unpaired) electrons. The molecule has 2 aromatic heterocycles. The number of hydrogen-bond acceptors (Lipinski definition) is 7. The molecule has 28 heavy (non-hydrogen) atoms. The van der Waals surface area contributed by atoms with E-state index in [1.807, 2.05) is 43.3 Å². The third kappa shape index (κ3) is 3.22. The summed E-state index contributed by atoms with van der Waals surface area (Å²) in [7, 11) is 1.60. The Balaban J connectivity index is 1.51. The van der Waals surface area contributed by atoms with Gasteiger partial charge in [-0.1, -0.05) is 18.2 Å². The molecule has 142 valence electrons. The molecule has 7 heteroatoms. The zero-order valence-corrected chi connectivity index (χ0v) is 15.6. The number of benzene rings is 2. The van der Waals surface area contributed by atoms with E-state index in [1.54, 1.807) is 26.2 Å². The van der Waals surface area contributed by atoms with Crippen molar-refractivity contribution in [3.8, 4) is 17.2 Å².